The van der Waals surface area contributed by atoms with Crippen molar-refractivity contribution in [2.24, 2.45) is 0 Å². The van der Waals surface area contributed by atoms with Gasteiger partial charge in [0.2, 0.25) is 5.95 Å². The molecular formula is C12H14N6O. The number of hydrogen-bond acceptors (Lipinski definition) is 6. The summed E-state index contributed by atoms with van der Waals surface area (Å²) in [6, 6.07) is 3.80. The third-order valence-corrected chi connectivity index (χ3v) is 2.82. The van der Waals surface area contributed by atoms with Crippen LogP contribution in [-0.2, 0) is 6.54 Å². The summed E-state index contributed by atoms with van der Waals surface area (Å²) in [4.78, 5) is 18.0. The van der Waals surface area contributed by atoms with Gasteiger partial charge in [-0.15, -0.1) is 0 Å². The van der Waals surface area contributed by atoms with Crippen LogP contribution in [0.5, 0.6) is 0 Å². The van der Waals surface area contributed by atoms with Crippen molar-refractivity contribution in [3.05, 3.63) is 30.5 Å². The van der Waals surface area contributed by atoms with Crippen molar-refractivity contribution in [2.45, 2.75) is 6.54 Å². The average molecular weight is 258 g/mol. The summed E-state index contributed by atoms with van der Waals surface area (Å²) in [6.45, 7) is 0.626. The molecule has 3 aromatic heterocycles. The van der Waals surface area contributed by atoms with Crippen molar-refractivity contribution in [3.8, 4) is 0 Å². The number of rotatable bonds is 4. The van der Waals surface area contributed by atoms with Gasteiger partial charge in [-0.05, 0) is 12.1 Å². The highest BCUT2D eigenvalue weighted by Crippen LogP contribution is 2.22. The Bertz CT molecular complexity index is 675. The van der Waals surface area contributed by atoms with E-state index in [9.17, 15) is 0 Å². The maximum absolute atomic E-state index is 5.35. The molecule has 0 atom stereocenters. The lowest BCUT2D eigenvalue weighted by Gasteiger charge is -2.17. The first-order valence-electron chi connectivity index (χ1n) is 5.90. The monoisotopic (exact) mass is 258 g/mol. The smallest absolute Gasteiger partial charge is 0.226 e. The molecule has 0 aliphatic heterocycles. The van der Waals surface area contributed by atoms with E-state index in [0.717, 1.165) is 17.1 Å². The first-order chi connectivity index (χ1) is 9.28. The van der Waals surface area contributed by atoms with Crippen LogP contribution in [0.15, 0.2) is 29.1 Å². The first-order valence-corrected chi connectivity index (χ1v) is 5.90. The molecule has 0 unspecified atom stereocenters. The Kier molecular flexibility index (Phi) is 2.79. The zero-order valence-corrected chi connectivity index (χ0v) is 10.7. The fourth-order valence-electron chi connectivity index (χ4n) is 1.92. The van der Waals surface area contributed by atoms with E-state index in [1.807, 2.05) is 24.1 Å². The molecule has 0 amide bonds. The second kappa shape index (κ2) is 4.60. The SMILES string of the molecule is CNc1nc(N(C)Cc2ccco2)c2[nH]cnc2n1. The van der Waals surface area contributed by atoms with Crippen LogP contribution in [0.25, 0.3) is 11.2 Å². The molecule has 0 aliphatic carbocycles. The molecule has 0 spiro atoms. The van der Waals surface area contributed by atoms with Crippen LogP contribution in [0, 0.1) is 0 Å². The topological polar surface area (TPSA) is 82.9 Å². The predicted octanol–water partition coefficient (Wildman–Crippen LogP) is 1.62. The second-order valence-electron chi connectivity index (χ2n) is 4.16. The van der Waals surface area contributed by atoms with Crippen molar-refractivity contribution in [1.29, 1.82) is 0 Å². The van der Waals surface area contributed by atoms with Crippen LogP contribution < -0.4 is 10.2 Å². The summed E-state index contributed by atoms with van der Waals surface area (Å²) in [6.07, 6.45) is 3.27. The van der Waals surface area contributed by atoms with Crippen molar-refractivity contribution in [2.75, 3.05) is 24.3 Å². The van der Waals surface area contributed by atoms with Crippen LogP contribution >= 0.6 is 0 Å². The van der Waals surface area contributed by atoms with E-state index in [2.05, 4.69) is 25.3 Å². The van der Waals surface area contributed by atoms with Crippen molar-refractivity contribution in [1.82, 2.24) is 19.9 Å². The molecule has 0 saturated carbocycles. The summed E-state index contributed by atoms with van der Waals surface area (Å²) < 4.78 is 5.35. The largest absolute Gasteiger partial charge is 0.467 e. The third-order valence-electron chi connectivity index (χ3n) is 2.82. The number of aromatic amines is 1. The quantitative estimate of drug-likeness (QED) is 0.740. The predicted molar refractivity (Wildman–Crippen MR) is 72.0 cm³/mol. The average Bonchev–Trinajstić information content (AvgIpc) is 3.07. The van der Waals surface area contributed by atoms with Gasteiger partial charge in [-0.1, -0.05) is 0 Å². The van der Waals surface area contributed by atoms with E-state index >= 15 is 0 Å². The number of imidazole rings is 1. The molecule has 0 aromatic carbocycles. The Morgan fingerprint density at radius 1 is 1.42 bits per heavy atom. The van der Waals surface area contributed by atoms with E-state index in [1.54, 1.807) is 19.6 Å². The Hall–Kier alpha value is -2.57. The van der Waals surface area contributed by atoms with E-state index in [4.69, 9.17) is 4.42 Å². The van der Waals surface area contributed by atoms with Crippen LogP contribution in [-0.4, -0.2) is 34.0 Å². The summed E-state index contributed by atoms with van der Waals surface area (Å²) in [5, 5.41) is 2.94. The minimum Gasteiger partial charge on any atom is -0.467 e. The molecule has 7 nitrogen and oxygen atoms in total. The van der Waals surface area contributed by atoms with Gasteiger partial charge >= 0.3 is 0 Å². The number of furan rings is 1. The Balaban J connectivity index is 2.00. The number of anilines is 2. The second-order valence-corrected chi connectivity index (χ2v) is 4.16. The number of aromatic nitrogens is 4. The Morgan fingerprint density at radius 2 is 2.32 bits per heavy atom. The van der Waals surface area contributed by atoms with Crippen molar-refractivity contribution in [3.63, 3.8) is 0 Å². The number of nitrogens with zero attached hydrogens (tertiary/aromatic N) is 4. The maximum Gasteiger partial charge on any atom is 0.226 e. The molecule has 3 aromatic rings. The number of nitrogens with one attached hydrogen (secondary N) is 2. The number of hydrogen-bond donors (Lipinski definition) is 2. The van der Waals surface area contributed by atoms with E-state index < -0.39 is 0 Å². The van der Waals surface area contributed by atoms with E-state index in [-0.39, 0.29) is 0 Å². The fraction of sp³-hybridized carbons (Fsp3) is 0.250. The maximum atomic E-state index is 5.35. The highest BCUT2D eigenvalue weighted by molar-refractivity contribution is 5.84. The number of H-pyrrole nitrogens is 1. The highest BCUT2D eigenvalue weighted by Gasteiger charge is 2.14. The summed E-state index contributed by atoms with van der Waals surface area (Å²) in [5.74, 6) is 2.20. The molecular weight excluding hydrogens is 244 g/mol. The molecule has 98 valence electrons. The van der Waals surface area contributed by atoms with Gasteiger partial charge in [-0.25, -0.2) is 4.98 Å². The van der Waals surface area contributed by atoms with E-state index in [1.165, 1.54) is 0 Å². The van der Waals surface area contributed by atoms with Crippen LogP contribution in [0.1, 0.15) is 5.76 Å². The molecule has 0 saturated heterocycles. The van der Waals surface area contributed by atoms with Crippen molar-refractivity contribution < 1.29 is 4.42 Å². The van der Waals surface area contributed by atoms with Gasteiger partial charge in [-0.3, -0.25) is 0 Å². The van der Waals surface area contributed by atoms with Crippen LogP contribution in [0.2, 0.25) is 0 Å². The van der Waals surface area contributed by atoms with Gasteiger partial charge in [0.15, 0.2) is 11.5 Å². The summed E-state index contributed by atoms with van der Waals surface area (Å²) in [5.41, 5.74) is 1.45. The Morgan fingerprint density at radius 3 is 3.05 bits per heavy atom. The standard InChI is InChI=1S/C12H14N6O/c1-13-12-16-10-9(14-7-15-10)11(17-12)18(2)6-8-4-3-5-19-8/h3-5,7H,6H2,1-2H3,(H2,13,14,15,16,17). The van der Waals surface area contributed by atoms with Gasteiger partial charge in [0, 0.05) is 14.1 Å². The van der Waals surface area contributed by atoms with E-state index in [0.29, 0.717) is 18.1 Å². The van der Waals surface area contributed by atoms with Crippen LogP contribution in [0.4, 0.5) is 11.8 Å². The molecule has 0 aliphatic rings. The minimum absolute atomic E-state index is 0.542. The third kappa shape index (κ3) is 2.10. The molecule has 3 rings (SSSR count). The molecule has 0 bridgehead atoms. The van der Waals surface area contributed by atoms with Gasteiger partial charge in [0.1, 0.15) is 11.3 Å². The molecule has 3 heterocycles. The van der Waals surface area contributed by atoms with Gasteiger partial charge < -0.3 is 19.6 Å². The Labute approximate surface area is 109 Å². The van der Waals surface area contributed by atoms with Gasteiger partial charge in [-0.2, -0.15) is 9.97 Å². The first kappa shape index (κ1) is 11.5. The van der Waals surface area contributed by atoms with Crippen molar-refractivity contribution >= 4 is 22.9 Å². The molecule has 2 N–H and O–H groups in total. The van der Waals surface area contributed by atoms with Gasteiger partial charge in [0.05, 0.1) is 19.1 Å². The minimum atomic E-state index is 0.542. The summed E-state index contributed by atoms with van der Waals surface area (Å²) >= 11 is 0. The molecule has 0 fully saturated rings. The zero-order valence-electron chi connectivity index (χ0n) is 10.7. The zero-order chi connectivity index (χ0) is 13.2. The molecule has 19 heavy (non-hydrogen) atoms. The highest BCUT2D eigenvalue weighted by atomic mass is 16.3. The summed E-state index contributed by atoms with van der Waals surface area (Å²) in [7, 11) is 3.73. The van der Waals surface area contributed by atoms with Gasteiger partial charge in [0.25, 0.3) is 0 Å². The number of fused-ring (bicyclic) bond motifs is 1. The normalized spacial score (nSPS) is 10.8. The molecule has 7 heteroatoms. The lowest BCUT2D eigenvalue weighted by molar-refractivity contribution is 0.507. The van der Waals surface area contributed by atoms with Crippen LogP contribution in [0.3, 0.4) is 0 Å². The lowest BCUT2D eigenvalue weighted by Crippen LogP contribution is -2.18. The fourth-order valence-corrected chi connectivity index (χ4v) is 1.92. The lowest BCUT2D eigenvalue weighted by atomic mass is 10.4. The molecule has 0 radical (unpaired) electrons.